The molecule has 3 amide bonds. The van der Waals surface area contributed by atoms with E-state index in [-0.39, 0.29) is 24.9 Å². The molecule has 122 valence electrons. The number of urea groups is 1. The Morgan fingerprint density at radius 1 is 1.23 bits per heavy atom. The standard InChI is InChI=1S/C16H25N3O3/c1-12(2)11-22-14-8-6-5-7-13(14)18-16(21)17-10-9-15(20)19(3)4/h5-8,12H,9-11H2,1-4H3,(H2,17,18,21). The molecule has 0 unspecified atom stereocenters. The zero-order valence-electron chi connectivity index (χ0n) is 13.7. The maximum Gasteiger partial charge on any atom is 0.319 e. The summed E-state index contributed by atoms with van der Waals surface area (Å²) in [5.74, 6) is 1.01. The van der Waals surface area contributed by atoms with E-state index in [9.17, 15) is 9.59 Å². The van der Waals surface area contributed by atoms with Crippen LogP contribution in [0.15, 0.2) is 24.3 Å². The molecule has 0 fully saturated rings. The van der Waals surface area contributed by atoms with Gasteiger partial charge in [-0.05, 0) is 18.1 Å². The third-order valence-corrected chi connectivity index (χ3v) is 2.83. The van der Waals surface area contributed by atoms with Gasteiger partial charge in [-0.3, -0.25) is 4.79 Å². The molecule has 0 radical (unpaired) electrons. The number of nitrogens with zero attached hydrogens (tertiary/aromatic N) is 1. The van der Waals surface area contributed by atoms with Gasteiger partial charge >= 0.3 is 6.03 Å². The normalized spacial score (nSPS) is 10.2. The van der Waals surface area contributed by atoms with Crippen molar-refractivity contribution in [1.29, 1.82) is 0 Å². The van der Waals surface area contributed by atoms with Crippen molar-refractivity contribution >= 4 is 17.6 Å². The number of amides is 3. The Hall–Kier alpha value is -2.24. The van der Waals surface area contributed by atoms with Crippen molar-refractivity contribution in [3.05, 3.63) is 24.3 Å². The molecule has 1 aromatic carbocycles. The number of anilines is 1. The molecule has 0 spiro atoms. The van der Waals surface area contributed by atoms with E-state index in [1.54, 1.807) is 20.2 Å². The summed E-state index contributed by atoms with van der Waals surface area (Å²) in [6.07, 6.45) is 0.270. The van der Waals surface area contributed by atoms with Gasteiger partial charge in [0.15, 0.2) is 0 Å². The van der Waals surface area contributed by atoms with Gasteiger partial charge in [0.05, 0.1) is 12.3 Å². The van der Waals surface area contributed by atoms with Crippen molar-refractivity contribution < 1.29 is 14.3 Å². The molecule has 0 aliphatic heterocycles. The molecular formula is C16H25N3O3. The van der Waals surface area contributed by atoms with Gasteiger partial charge in [0.2, 0.25) is 5.91 Å². The summed E-state index contributed by atoms with van der Waals surface area (Å²) in [5.41, 5.74) is 0.611. The fourth-order valence-electron chi connectivity index (χ4n) is 1.63. The summed E-state index contributed by atoms with van der Waals surface area (Å²) in [6.45, 7) is 4.99. The lowest BCUT2D eigenvalue weighted by Gasteiger charge is -2.14. The largest absolute Gasteiger partial charge is 0.491 e. The minimum Gasteiger partial charge on any atom is -0.491 e. The smallest absolute Gasteiger partial charge is 0.319 e. The zero-order valence-corrected chi connectivity index (χ0v) is 13.7. The summed E-state index contributed by atoms with van der Waals surface area (Å²) >= 11 is 0. The van der Waals surface area contributed by atoms with E-state index in [0.29, 0.717) is 24.0 Å². The number of hydrogen-bond donors (Lipinski definition) is 2. The molecule has 0 aliphatic rings. The van der Waals surface area contributed by atoms with Crippen molar-refractivity contribution in [2.45, 2.75) is 20.3 Å². The second kappa shape index (κ2) is 8.92. The minimum atomic E-state index is -0.354. The molecule has 0 bridgehead atoms. The van der Waals surface area contributed by atoms with E-state index in [1.807, 2.05) is 18.2 Å². The van der Waals surface area contributed by atoms with Crippen LogP contribution in [0, 0.1) is 5.92 Å². The number of nitrogens with one attached hydrogen (secondary N) is 2. The third-order valence-electron chi connectivity index (χ3n) is 2.83. The van der Waals surface area contributed by atoms with Crippen molar-refractivity contribution in [2.75, 3.05) is 32.6 Å². The van der Waals surface area contributed by atoms with Crippen LogP contribution in [0.2, 0.25) is 0 Å². The van der Waals surface area contributed by atoms with Gasteiger partial charge in [-0.2, -0.15) is 0 Å². The Kier molecular flexibility index (Phi) is 7.22. The van der Waals surface area contributed by atoms with E-state index in [2.05, 4.69) is 24.5 Å². The number of carbonyl (C=O) groups is 2. The molecule has 6 heteroatoms. The molecule has 22 heavy (non-hydrogen) atoms. The van der Waals surface area contributed by atoms with E-state index in [1.165, 1.54) is 4.90 Å². The summed E-state index contributed by atoms with van der Waals surface area (Å²) in [4.78, 5) is 24.8. The molecule has 0 saturated carbocycles. The molecule has 6 nitrogen and oxygen atoms in total. The highest BCUT2D eigenvalue weighted by Gasteiger charge is 2.09. The van der Waals surface area contributed by atoms with Crippen molar-refractivity contribution in [1.82, 2.24) is 10.2 Å². The maximum absolute atomic E-state index is 11.9. The van der Waals surface area contributed by atoms with Crippen LogP contribution in [0.5, 0.6) is 5.75 Å². The van der Waals surface area contributed by atoms with Gasteiger partial charge in [-0.15, -0.1) is 0 Å². The lowest BCUT2D eigenvalue weighted by Crippen LogP contribution is -2.33. The number of para-hydroxylation sites is 2. The van der Waals surface area contributed by atoms with Gasteiger partial charge in [0, 0.05) is 27.1 Å². The number of carbonyl (C=O) groups excluding carboxylic acids is 2. The third kappa shape index (κ3) is 6.47. The highest BCUT2D eigenvalue weighted by Crippen LogP contribution is 2.24. The molecule has 0 heterocycles. The van der Waals surface area contributed by atoms with Crippen LogP contribution in [0.4, 0.5) is 10.5 Å². The maximum atomic E-state index is 11.9. The van der Waals surface area contributed by atoms with Crippen LogP contribution in [0.3, 0.4) is 0 Å². The Labute approximate surface area is 131 Å². The van der Waals surface area contributed by atoms with Crippen LogP contribution < -0.4 is 15.4 Å². The molecule has 0 aliphatic carbocycles. The Bertz CT molecular complexity index is 501. The van der Waals surface area contributed by atoms with E-state index >= 15 is 0 Å². The van der Waals surface area contributed by atoms with Crippen LogP contribution >= 0.6 is 0 Å². The second-order valence-electron chi connectivity index (χ2n) is 5.62. The van der Waals surface area contributed by atoms with Crippen LogP contribution in [-0.4, -0.2) is 44.1 Å². The minimum absolute atomic E-state index is 0.0269. The van der Waals surface area contributed by atoms with Gasteiger partial charge in [0.1, 0.15) is 5.75 Å². The van der Waals surface area contributed by atoms with E-state index in [0.717, 1.165) is 0 Å². The highest BCUT2D eigenvalue weighted by atomic mass is 16.5. The Balaban J connectivity index is 2.48. The number of rotatable bonds is 7. The van der Waals surface area contributed by atoms with Gasteiger partial charge in [-0.1, -0.05) is 26.0 Å². The van der Waals surface area contributed by atoms with Crippen molar-refractivity contribution in [3.63, 3.8) is 0 Å². The van der Waals surface area contributed by atoms with Gasteiger partial charge in [-0.25, -0.2) is 4.79 Å². The van der Waals surface area contributed by atoms with E-state index < -0.39 is 0 Å². The molecule has 1 rings (SSSR count). The van der Waals surface area contributed by atoms with Crippen molar-refractivity contribution in [2.24, 2.45) is 5.92 Å². The fraction of sp³-hybridized carbons (Fsp3) is 0.500. The van der Waals surface area contributed by atoms with Crippen LogP contribution in [0.25, 0.3) is 0 Å². The molecule has 0 atom stereocenters. The quantitative estimate of drug-likeness (QED) is 0.812. The van der Waals surface area contributed by atoms with Crippen LogP contribution in [0.1, 0.15) is 20.3 Å². The topological polar surface area (TPSA) is 70.7 Å². The average molecular weight is 307 g/mol. The first-order valence-corrected chi connectivity index (χ1v) is 7.37. The Morgan fingerprint density at radius 2 is 1.91 bits per heavy atom. The lowest BCUT2D eigenvalue weighted by atomic mass is 10.2. The SMILES string of the molecule is CC(C)COc1ccccc1NC(=O)NCCC(=O)N(C)C. The summed E-state index contributed by atoms with van der Waals surface area (Å²) in [7, 11) is 3.37. The van der Waals surface area contributed by atoms with Crippen LogP contribution in [-0.2, 0) is 4.79 Å². The molecule has 2 N–H and O–H groups in total. The summed E-state index contributed by atoms with van der Waals surface area (Å²) in [5, 5.41) is 5.39. The number of benzene rings is 1. The van der Waals surface area contributed by atoms with Gasteiger partial charge in [0.25, 0.3) is 0 Å². The molecular weight excluding hydrogens is 282 g/mol. The lowest BCUT2D eigenvalue weighted by molar-refractivity contribution is -0.128. The molecule has 0 saturated heterocycles. The predicted octanol–water partition coefficient (Wildman–Crippen LogP) is 2.32. The zero-order chi connectivity index (χ0) is 16.5. The number of hydrogen-bond acceptors (Lipinski definition) is 3. The van der Waals surface area contributed by atoms with E-state index in [4.69, 9.17) is 4.74 Å². The first-order valence-electron chi connectivity index (χ1n) is 7.37. The Morgan fingerprint density at radius 3 is 2.55 bits per heavy atom. The fourth-order valence-corrected chi connectivity index (χ4v) is 1.63. The average Bonchev–Trinajstić information content (AvgIpc) is 2.46. The van der Waals surface area contributed by atoms with Gasteiger partial charge < -0.3 is 20.3 Å². The monoisotopic (exact) mass is 307 g/mol. The second-order valence-corrected chi connectivity index (χ2v) is 5.62. The summed E-state index contributed by atoms with van der Waals surface area (Å²) < 4.78 is 5.67. The predicted molar refractivity (Wildman–Crippen MR) is 87.1 cm³/mol. The first kappa shape index (κ1) is 17.8. The molecule has 1 aromatic rings. The molecule has 0 aromatic heterocycles. The first-order chi connectivity index (χ1) is 10.4. The number of ether oxygens (including phenoxy) is 1. The highest BCUT2D eigenvalue weighted by molar-refractivity contribution is 5.91. The summed E-state index contributed by atoms with van der Waals surface area (Å²) in [6, 6.07) is 6.92. The van der Waals surface area contributed by atoms with Crippen molar-refractivity contribution in [3.8, 4) is 5.75 Å².